The van der Waals surface area contributed by atoms with E-state index in [-0.39, 0.29) is 5.56 Å². The molecule has 0 aliphatic heterocycles. The van der Waals surface area contributed by atoms with Crippen molar-refractivity contribution < 1.29 is 13.2 Å². The number of nitrogens with one attached hydrogen (secondary N) is 1. The summed E-state index contributed by atoms with van der Waals surface area (Å²) < 4.78 is 40.3. The molecular formula is C14H14F3NS. The SMILES string of the molecule is CCNC(c1ccc(F)c(F)c1F)c1sccc1C. The molecule has 0 spiro atoms. The summed E-state index contributed by atoms with van der Waals surface area (Å²) in [5.41, 5.74) is 1.13. The lowest BCUT2D eigenvalue weighted by atomic mass is 10.0. The Morgan fingerprint density at radius 1 is 1.16 bits per heavy atom. The molecule has 1 N–H and O–H groups in total. The van der Waals surface area contributed by atoms with Crippen LogP contribution in [0.5, 0.6) is 0 Å². The molecule has 0 radical (unpaired) electrons. The third-order valence-electron chi connectivity index (χ3n) is 2.95. The minimum Gasteiger partial charge on any atom is -0.306 e. The Labute approximate surface area is 114 Å². The van der Waals surface area contributed by atoms with Gasteiger partial charge in [0.25, 0.3) is 0 Å². The molecule has 0 amide bonds. The van der Waals surface area contributed by atoms with E-state index in [0.717, 1.165) is 16.5 Å². The topological polar surface area (TPSA) is 12.0 Å². The van der Waals surface area contributed by atoms with E-state index in [1.807, 2.05) is 25.3 Å². The first-order chi connectivity index (χ1) is 9.06. The van der Waals surface area contributed by atoms with Crippen molar-refractivity contribution in [3.8, 4) is 0 Å². The van der Waals surface area contributed by atoms with Crippen molar-refractivity contribution in [1.82, 2.24) is 5.32 Å². The van der Waals surface area contributed by atoms with Crippen molar-refractivity contribution in [2.75, 3.05) is 6.54 Å². The molecule has 1 nitrogen and oxygen atoms in total. The zero-order chi connectivity index (χ0) is 14.0. The van der Waals surface area contributed by atoms with Gasteiger partial charge in [-0.15, -0.1) is 11.3 Å². The van der Waals surface area contributed by atoms with Gasteiger partial charge in [-0.1, -0.05) is 13.0 Å². The average Bonchev–Trinajstić information content (AvgIpc) is 2.80. The van der Waals surface area contributed by atoms with E-state index in [1.165, 1.54) is 17.4 Å². The number of thiophene rings is 1. The van der Waals surface area contributed by atoms with Crippen molar-refractivity contribution in [3.63, 3.8) is 0 Å². The molecule has 2 aromatic rings. The first-order valence-corrected chi connectivity index (χ1v) is 6.85. The van der Waals surface area contributed by atoms with Crippen LogP contribution in [0.15, 0.2) is 23.6 Å². The van der Waals surface area contributed by atoms with Gasteiger partial charge in [-0.2, -0.15) is 0 Å². The maximum atomic E-state index is 13.9. The van der Waals surface area contributed by atoms with Crippen LogP contribution < -0.4 is 5.32 Å². The predicted octanol–water partition coefficient (Wildman–Crippen LogP) is 4.17. The summed E-state index contributed by atoms with van der Waals surface area (Å²) in [5, 5.41) is 5.01. The van der Waals surface area contributed by atoms with E-state index in [9.17, 15) is 13.2 Å². The fourth-order valence-electron chi connectivity index (χ4n) is 1.99. The smallest absolute Gasteiger partial charge is 0.194 e. The quantitative estimate of drug-likeness (QED) is 0.831. The van der Waals surface area contributed by atoms with Crippen LogP contribution in [0.3, 0.4) is 0 Å². The summed E-state index contributed by atoms with van der Waals surface area (Å²) in [4.78, 5) is 0.909. The van der Waals surface area contributed by atoms with E-state index in [4.69, 9.17) is 0 Å². The highest BCUT2D eigenvalue weighted by Crippen LogP contribution is 2.32. The molecule has 0 aliphatic rings. The summed E-state index contributed by atoms with van der Waals surface area (Å²) in [6.45, 7) is 4.39. The highest BCUT2D eigenvalue weighted by molar-refractivity contribution is 7.10. The molecule has 1 aromatic carbocycles. The molecule has 1 unspecified atom stereocenters. The Bertz CT molecular complexity index is 580. The molecule has 0 fully saturated rings. The molecule has 2 rings (SSSR count). The third kappa shape index (κ3) is 2.67. The summed E-state index contributed by atoms with van der Waals surface area (Å²) in [5.74, 6) is -3.72. The third-order valence-corrected chi connectivity index (χ3v) is 4.03. The van der Waals surface area contributed by atoms with Gasteiger partial charge >= 0.3 is 0 Å². The predicted molar refractivity (Wildman–Crippen MR) is 70.9 cm³/mol. The standard InChI is InChI=1S/C14H14F3NS/c1-3-18-13(14-8(2)6-7-19-14)9-4-5-10(15)12(17)11(9)16/h4-7,13,18H,3H2,1-2H3. The lowest BCUT2D eigenvalue weighted by Gasteiger charge is -2.19. The second-order valence-electron chi connectivity index (χ2n) is 4.22. The monoisotopic (exact) mass is 285 g/mol. The van der Waals surface area contributed by atoms with Crippen LogP contribution in [0, 0.1) is 24.4 Å². The molecule has 0 bridgehead atoms. The Morgan fingerprint density at radius 3 is 2.47 bits per heavy atom. The largest absolute Gasteiger partial charge is 0.306 e. The Balaban J connectivity index is 2.52. The number of halogens is 3. The zero-order valence-corrected chi connectivity index (χ0v) is 11.5. The fraction of sp³-hybridized carbons (Fsp3) is 0.286. The summed E-state index contributed by atoms with van der Waals surface area (Å²) >= 11 is 1.47. The number of aryl methyl sites for hydroxylation is 1. The first kappa shape index (κ1) is 14.1. The lowest BCUT2D eigenvalue weighted by molar-refractivity contribution is 0.433. The highest BCUT2D eigenvalue weighted by Gasteiger charge is 2.23. The first-order valence-electron chi connectivity index (χ1n) is 5.97. The van der Waals surface area contributed by atoms with Gasteiger partial charge in [-0.3, -0.25) is 0 Å². The molecule has 0 saturated heterocycles. The van der Waals surface area contributed by atoms with Crippen molar-refractivity contribution in [1.29, 1.82) is 0 Å². The summed E-state index contributed by atoms with van der Waals surface area (Å²) in [7, 11) is 0. The second-order valence-corrected chi connectivity index (χ2v) is 5.17. The molecule has 102 valence electrons. The molecule has 1 aromatic heterocycles. The van der Waals surface area contributed by atoms with Gasteiger partial charge < -0.3 is 5.32 Å². The summed E-state index contributed by atoms with van der Waals surface area (Å²) in [6.07, 6.45) is 0. The molecule has 19 heavy (non-hydrogen) atoms. The van der Waals surface area contributed by atoms with Crippen LogP contribution >= 0.6 is 11.3 Å². The van der Waals surface area contributed by atoms with Gasteiger partial charge in [0.1, 0.15) is 0 Å². The molecule has 0 saturated carbocycles. The average molecular weight is 285 g/mol. The van der Waals surface area contributed by atoms with Gasteiger partial charge in [-0.25, -0.2) is 13.2 Å². The van der Waals surface area contributed by atoms with Crippen LogP contribution in [0.4, 0.5) is 13.2 Å². The van der Waals surface area contributed by atoms with Gasteiger partial charge in [0.05, 0.1) is 6.04 Å². The van der Waals surface area contributed by atoms with Crippen LogP contribution in [0.2, 0.25) is 0 Å². The van der Waals surface area contributed by atoms with Crippen LogP contribution in [0.25, 0.3) is 0 Å². The number of hydrogen-bond donors (Lipinski definition) is 1. The van der Waals surface area contributed by atoms with Crippen LogP contribution in [-0.2, 0) is 0 Å². The minimum atomic E-state index is -1.42. The lowest BCUT2D eigenvalue weighted by Crippen LogP contribution is -2.23. The summed E-state index contributed by atoms with van der Waals surface area (Å²) in [6, 6.07) is 3.71. The van der Waals surface area contributed by atoms with E-state index in [0.29, 0.717) is 6.54 Å². The van der Waals surface area contributed by atoms with Crippen molar-refractivity contribution in [2.24, 2.45) is 0 Å². The molecular weight excluding hydrogens is 271 g/mol. The molecule has 0 aliphatic carbocycles. The van der Waals surface area contributed by atoms with Gasteiger partial charge in [0.2, 0.25) is 0 Å². The second kappa shape index (κ2) is 5.75. The zero-order valence-electron chi connectivity index (χ0n) is 10.6. The van der Waals surface area contributed by atoms with Gasteiger partial charge in [-0.05, 0) is 36.5 Å². The Kier molecular flexibility index (Phi) is 4.27. The van der Waals surface area contributed by atoms with Crippen LogP contribution in [-0.4, -0.2) is 6.54 Å². The Hall–Kier alpha value is -1.33. The molecule has 5 heteroatoms. The molecule has 1 heterocycles. The van der Waals surface area contributed by atoms with Gasteiger partial charge in [0.15, 0.2) is 17.5 Å². The fourth-order valence-corrected chi connectivity index (χ4v) is 3.01. The van der Waals surface area contributed by atoms with Crippen molar-refractivity contribution >= 4 is 11.3 Å². The van der Waals surface area contributed by atoms with Crippen LogP contribution in [0.1, 0.15) is 29.0 Å². The number of hydrogen-bond acceptors (Lipinski definition) is 2. The number of benzene rings is 1. The highest BCUT2D eigenvalue weighted by atomic mass is 32.1. The normalized spacial score (nSPS) is 12.7. The van der Waals surface area contributed by atoms with Crippen molar-refractivity contribution in [3.05, 3.63) is 57.0 Å². The molecule has 1 atom stereocenters. The van der Waals surface area contributed by atoms with E-state index >= 15 is 0 Å². The minimum absolute atomic E-state index is 0.131. The van der Waals surface area contributed by atoms with E-state index in [2.05, 4.69) is 5.32 Å². The maximum Gasteiger partial charge on any atom is 0.194 e. The Morgan fingerprint density at radius 2 is 1.89 bits per heavy atom. The number of rotatable bonds is 4. The van der Waals surface area contributed by atoms with Gasteiger partial charge in [0, 0.05) is 10.4 Å². The van der Waals surface area contributed by atoms with Crippen molar-refractivity contribution in [2.45, 2.75) is 19.9 Å². The van der Waals surface area contributed by atoms with E-state index < -0.39 is 23.5 Å². The van der Waals surface area contributed by atoms with E-state index in [1.54, 1.807) is 0 Å². The maximum absolute atomic E-state index is 13.9.